The highest BCUT2D eigenvalue weighted by Gasteiger charge is 2.45. The molecule has 2 aromatic heterocycles. The minimum atomic E-state index is -1.89. The second kappa shape index (κ2) is 43.8. The molecular weight excluding hydrogens is 1470 g/mol. The summed E-state index contributed by atoms with van der Waals surface area (Å²) in [6, 6.07) is 8.75. The summed E-state index contributed by atoms with van der Waals surface area (Å²) in [5, 5.41) is 59.0. The van der Waals surface area contributed by atoms with Crippen molar-refractivity contribution in [3.8, 4) is 0 Å². The number of rotatable bonds is 32. The van der Waals surface area contributed by atoms with Crippen molar-refractivity contribution < 1.29 is 62.3 Å². The average Bonchev–Trinajstić information content (AvgIpc) is 1.64. The molecule has 3 aromatic carbocycles. The van der Waals surface area contributed by atoms with Crippen LogP contribution in [0.2, 0.25) is 0 Å². The van der Waals surface area contributed by atoms with Gasteiger partial charge in [-0.05, 0) is 113 Å². The fourth-order valence-electron chi connectivity index (χ4n) is 14.1. The van der Waals surface area contributed by atoms with Crippen LogP contribution in [0.5, 0.6) is 0 Å². The summed E-state index contributed by atoms with van der Waals surface area (Å²) in [5.74, 6) is -11.6. The highest BCUT2D eigenvalue weighted by atomic mass is 16.2. The van der Waals surface area contributed by atoms with Gasteiger partial charge in [-0.2, -0.15) is 0 Å². The summed E-state index contributed by atoms with van der Waals surface area (Å²) in [5.41, 5.74) is 25.1. The fraction of sp³-hybridized carbons (Fsp3) is 0.487. The van der Waals surface area contributed by atoms with E-state index in [0.29, 0.717) is 65.5 Å². The molecule has 0 bridgehead atoms. The zero-order chi connectivity index (χ0) is 82.2. The minimum Gasteiger partial charge on any atom is -0.370 e. The Balaban J connectivity index is 1.16. The van der Waals surface area contributed by atoms with Gasteiger partial charge < -0.3 is 112 Å². The van der Waals surface area contributed by atoms with Crippen molar-refractivity contribution in [3.63, 3.8) is 0 Å². The van der Waals surface area contributed by atoms with Gasteiger partial charge in [-0.3, -0.25) is 78.6 Å². The smallest absolute Gasteiger partial charge is 0.246 e. The molecule has 8 rings (SSSR count). The number of aromatic nitrogens is 3. The van der Waals surface area contributed by atoms with E-state index >= 15 is 38.4 Å². The zero-order valence-electron chi connectivity index (χ0n) is 63.8. The fourth-order valence-corrected chi connectivity index (χ4v) is 14.1. The van der Waals surface area contributed by atoms with Gasteiger partial charge in [-0.15, -0.1) is 0 Å². The molecule has 614 valence electrons. The number of amides is 13. The van der Waals surface area contributed by atoms with Gasteiger partial charge in [0.25, 0.3) is 0 Å². The number of para-hydroxylation sites is 1. The molecule has 38 heteroatoms. The van der Waals surface area contributed by atoms with Crippen LogP contribution in [-0.2, 0) is 88.0 Å². The van der Waals surface area contributed by atoms with Crippen LogP contribution in [0.4, 0.5) is 0 Å². The number of nitrogens with two attached hydrogens (primary N) is 4. The number of aromatic amines is 2. The molecule has 3 aliphatic heterocycles. The lowest BCUT2D eigenvalue weighted by molar-refractivity contribution is -0.148. The number of imidazole rings is 1. The number of unbranched alkanes of at least 4 members (excludes halogenated alkanes) is 2. The molecule has 0 saturated carbocycles. The van der Waals surface area contributed by atoms with Gasteiger partial charge in [0.05, 0.1) is 12.7 Å². The number of nitrogens with zero attached hydrogens (tertiary/aromatic N) is 3. The first-order chi connectivity index (χ1) is 54.7. The Morgan fingerprint density at radius 3 is 1.54 bits per heavy atom. The van der Waals surface area contributed by atoms with Crippen molar-refractivity contribution in [1.82, 2.24) is 93.9 Å². The normalized spacial score (nSPS) is 21.4. The lowest BCUT2D eigenvalue weighted by Crippen LogP contribution is -2.61. The summed E-state index contributed by atoms with van der Waals surface area (Å²) in [4.78, 5) is 203. The average molecular weight is 1580 g/mol. The maximum Gasteiger partial charge on any atom is 0.246 e. The SMILES string of the molecule is CC(=O)N[C@@H](CCCCNC(=N)N)C(=O)N[C@@H](CCCNC(=N)N)C(=O)NCCCC[C@@H]1NC(=O)[C@H](CC(N)=O)NC(=O)[C@H](Cc2c[nH]c3ccccc23)NC(=O)[C@H](CCCNC(=N)N)NC(=O)[C@@H](Cc2ccccc2)NC(=O)[C@H](Cc2cnc[nH]2)NC(=O)[C@@H]2CCCN2C(=O)[C@H]2CCCN2C(=O)[C@H](Cc2ccccc2)NC1=O. The van der Waals surface area contributed by atoms with Gasteiger partial charge in [0.2, 0.25) is 76.8 Å². The number of guanidine groups is 3. The third kappa shape index (κ3) is 27.1. The highest BCUT2D eigenvalue weighted by molar-refractivity contribution is 6.01. The number of benzene rings is 3. The summed E-state index contributed by atoms with van der Waals surface area (Å²) in [6.45, 7) is 1.79. The van der Waals surface area contributed by atoms with Crippen LogP contribution in [0.15, 0.2) is 104 Å². The van der Waals surface area contributed by atoms with Gasteiger partial charge in [0.1, 0.15) is 66.5 Å². The number of H-pyrrole nitrogens is 2. The number of hydrogen-bond acceptors (Lipinski definition) is 17. The monoisotopic (exact) mass is 1580 g/mol. The van der Waals surface area contributed by atoms with Crippen molar-refractivity contribution >= 4 is 106 Å². The van der Waals surface area contributed by atoms with E-state index in [4.69, 9.17) is 39.2 Å². The van der Waals surface area contributed by atoms with E-state index < -0.39 is 156 Å². The molecule has 5 heterocycles. The molecule has 26 N–H and O–H groups in total. The number of nitrogens with one attached hydrogen (secondary N) is 18. The second-order valence-electron chi connectivity index (χ2n) is 28.6. The predicted molar refractivity (Wildman–Crippen MR) is 420 cm³/mol. The molecule has 38 nitrogen and oxygen atoms in total. The van der Waals surface area contributed by atoms with Crippen LogP contribution < -0.4 is 92.1 Å². The molecule has 114 heavy (non-hydrogen) atoms. The summed E-state index contributed by atoms with van der Waals surface area (Å²) in [6.07, 6.45) is 4.89. The van der Waals surface area contributed by atoms with Crippen LogP contribution in [-0.4, -0.2) is 225 Å². The van der Waals surface area contributed by atoms with E-state index in [1.807, 2.05) is 0 Å². The first-order valence-electron chi connectivity index (χ1n) is 38.4. The van der Waals surface area contributed by atoms with Crippen LogP contribution in [0, 0.1) is 16.2 Å². The van der Waals surface area contributed by atoms with Crippen molar-refractivity contribution in [3.05, 3.63) is 126 Å². The number of carbonyl (C=O) groups is 13. The maximum absolute atomic E-state index is 15.5. The molecule has 3 aliphatic rings. The molecule has 0 aliphatic carbocycles. The first kappa shape index (κ1) is 86.9. The Kier molecular flexibility index (Phi) is 33.4. The molecular formula is C76H107N25O13. The Morgan fingerprint density at radius 2 is 0.939 bits per heavy atom. The third-order valence-electron chi connectivity index (χ3n) is 19.9. The lowest BCUT2D eigenvalue weighted by atomic mass is 10.0. The van der Waals surface area contributed by atoms with E-state index in [0.717, 1.165) is 0 Å². The third-order valence-corrected chi connectivity index (χ3v) is 19.9. The van der Waals surface area contributed by atoms with Gasteiger partial charge >= 0.3 is 0 Å². The van der Waals surface area contributed by atoms with Crippen molar-refractivity contribution in [2.24, 2.45) is 22.9 Å². The predicted octanol–water partition coefficient (Wildman–Crippen LogP) is -3.12. The standard InChI is InChI=1S/C76H107N25O13/c1-44(102)91-52(24-11-13-31-86-74(78)79)64(105)92-51(26-14-32-87-75(80)81)63(104)85-30-12-10-25-53-66(107)99-59(37-46-20-6-3-7-21-46)72(113)101-35-17-29-61(101)73(114)100-34-16-28-60(100)71(112)98-57(39-48-42-84-43-90-48)69(110)95-55(36-45-18-4-2-5-19-45)67(108)94-54(27-15-33-88-76(82)83)65(106)96-56(38-47-41-89-50-23-9-8-22-49(47)50)68(109)97-58(40-62(77)103)70(111)93-53/h2-9,18-23,41-43,51-61,89H,10-17,24-40H2,1H3,(H2,77,103)(H,84,90)(H,85,104)(H,91,102)(H,92,105)(H,93,111)(H,94,108)(H,95,110)(H,96,106)(H,97,109)(H,98,112)(H,99,107)(H4,78,79,86)(H4,80,81,87)(H4,82,83,88)/t51-,52-,53-,54-,55+,56-,57-,58-,59-,60-,61+/m0/s1. The van der Waals surface area contributed by atoms with Crippen molar-refractivity contribution in [2.75, 3.05) is 39.3 Å². The van der Waals surface area contributed by atoms with Crippen LogP contribution in [0.25, 0.3) is 10.9 Å². The molecule has 0 spiro atoms. The number of hydrogen-bond donors (Lipinski definition) is 22. The van der Waals surface area contributed by atoms with E-state index in [1.54, 1.807) is 91.1 Å². The second-order valence-corrected chi connectivity index (χ2v) is 28.6. The maximum atomic E-state index is 15.5. The van der Waals surface area contributed by atoms with E-state index in [-0.39, 0.29) is 135 Å². The van der Waals surface area contributed by atoms with Crippen LogP contribution >= 0.6 is 0 Å². The molecule has 3 fully saturated rings. The summed E-state index contributed by atoms with van der Waals surface area (Å²) >= 11 is 0. The molecule has 3 saturated heterocycles. The Morgan fingerprint density at radius 1 is 0.474 bits per heavy atom. The molecule has 5 aromatic rings. The Bertz CT molecular complexity index is 4180. The topological polar surface area (TPSA) is 605 Å². The first-order valence-corrected chi connectivity index (χ1v) is 38.4. The Labute approximate surface area is 658 Å². The zero-order valence-corrected chi connectivity index (χ0v) is 63.8. The lowest BCUT2D eigenvalue weighted by Gasteiger charge is -2.34. The molecule has 0 unspecified atom stereocenters. The molecule has 0 radical (unpaired) electrons. The van der Waals surface area contributed by atoms with Gasteiger partial charge in [0.15, 0.2) is 17.9 Å². The van der Waals surface area contributed by atoms with Crippen LogP contribution in [0.3, 0.4) is 0 Å². The van der Waals surface area contributed by atoms with E-state index in [2.05, 4.69) is 84.1 Å². The van der Waals surface area contributed by atoms with Crippen molar-refractivity contribution in [2.45, 2.75) is 195 Å². The number of fused-ring (bicyclic) bond motifs is 3. The summed E-state index contributed by atoms with van der Waals surface area (Å²) in [7, 11) is 0. The van der Waals surface area contributed by atoms with E-state index in [1.165, 1.54) is 29.2 Å². The largest absolute Gasteiger partial charge is 0.370 e. The number of carbonyl (C=O) groups excluding carboxylic acids is 13. The Hall–Kier alpha value is -12.7. The van der Waals surface area contributed by atoms with Crippen molar-refractivity contribution in [1.29, 1.82) is 16.2 Å². The van der Waals surface area contributed by atoms with E-state index in [9.17, 15) is 24.0 Å². The van der Waals surface area contributed by atoms with Gasteiger partial charge in [-0.1, -0.05) is 78.9 Å². The van der Waals surface area contributed by atoms with Gasteiger partial charge in [-0.25, -0.2) is 4.98 Å². The number of primary amides is 1. The quantitative estimate of drug-likeness (QED) is 0.0115. The minimum absolute atomic E-state index is 0.0271. The van der Waals surface area contributed by atoms with Crippen LogP contribution in [0.1, 0.15) is 126 Å². The summed E-state index contributed by atoms with van der Waals surface area (Å²) < 4.78 is 0. The molecule has 13 amide bonds. The highest BCUT2D eigenvalue weighted by Crippen LogP contribution is 2.27. The van der Waals surface area contributed by atoms with Gasteiger partial charge in [0, 0.05) is 101 Å². The molecule has 11 atom stereocenters.